The Kier molecular flexibility index (Phi) is 23.8. The maximum Gasteiger partial charge on any atom is 3.00 e. The van der Waals surface area contributed by atoms with Crippen LogP contribution in [0.15, 0.2) is 365 Å². The third-order valence-electron chi connectivity index (χ3n) is 22.1. The van der Waals surface area contributed by atoms with E-state index in [1.165, 1.54) is 0 Å². The van der Waals surface area contributed by atoms with E-state index in [9.17, 15) is 0 Å². The second kappa shape index (κ2) is 35.9. The first-order valence-electron chi connectivity index (χ1n) is 39.8. The van der Waals surface area contributed by atoms with E-state index in [-0.39, 0.29) is 40.2 Å². The number of nitrogens with zero attached hydrogens (tertiary/aromatic N) is 6. The number of rotatable bonds is 18. The molecule has 0 saturated heterocycles. The number of pyridine rings is 4. The van der Waals surface area contributed by atoms with Gasteiger partial charge in [-0.05, 0) is 214 Å². The minimum Gasteiger partial charge on any atom is -0.305 e. The van der Waals surface area contributed by atoms with Crippen molar-refractivity contribution in [1.29, 1.82) is 0 Å². The maximum atomic E-state index is 7.14. The Morgan fingerprint density at radius 3 is 0.607 bits per heavy atom. The minimum absolute atomic E-state index is 0. The van der Waals surface area contributed by atoms with Gasteiger partial charge in [0.1, 0.15) is 0 Å². The summed E-state index contributed by atoms with van der Waals surface area (Å²) in [6, 6.07) is 138. The summed E-state index contributed by atoms with van der Waals surface area (Å²) in [5, 5.41) is 1.23. The van der Waals surface area contributed by atoms with Gasteiger partial charge in [-0.1, -0.05) is 252 Å². The number of aromatic nitrogens is 6. The standard InChI is InChI=1S/C112H72Cl2N6.2Ir/c1-71-49-53-115-107(57-71)81-33-21-75(22-34-81)95-13-5-9-17-99(95)87-61-88(100-18-10-6-14-96(100)76-23-35-82(36-24-76)108-58-72(2)50-54-116-108)64-91(63-87)105-67-93(113)45-47-103(105)79-29-41-85(42-30-79)111-69-112(120-70-119-111)86-43-31-80(32-44-86)104-48-46-94(114)68-106(104)92-65-89(101-19-11-7-15-97(101)77-25-37-83(38-26-77)109-59-73(3)51-55-117-109)62-90(66-92)102-20-12-8-16-98(102)78-27-39-84(40-28-78)110-60-74(4)52-56-118-110;;/h5-33,35,37,39,41,43,45-70H,1-4H3;;/q-6;2*+3. The van der Waals surface area contributed by atoms with Crippen molar-refractivity contribution in [2.75, 3.05) is 0 Å². The Labute approximate surface area is 749 Å². The fourth-order valence-corrected chi connectivity index (χ4v) is 16.4. The topological polar surface area (TPSA) is 77.3 Å². The van der Waals surface area contributed by atoms with E-state index in [0.29, 0.717) is 10.0 Å². The average Bonchev–Trinajstić information content (AvgIpc) is 0.764. The largest absolute Gasteiger partial charge is 3.00 e. The van der Waals surface area contributed by atoms with Crippen molar-refractivity contribution in [1.82, 2.24) is 29.9 Å². The van der Waals surface area contributed by atoms with E-state index >= 15 is 0 Å². The zero-order valence-electron chi connectivity index (χ0n) is 66.7. The van der Waals surface area contributed by atoms with Gasteiger partial charge in [-0.15, -0.1) is 179 Å². The molecule has 5 heterocycles. The molecule has 0 atom stereocenters. The first-order valence-corrected chi connectivity index (χ1v) is 40.6. The molecule has 0 aliphatic rings. The van der Waals surface area contributed by atoms with Gasteiger partial charge in [-0.2, -0.15) is 0 Å². The summed E-state index contributed by atoms with van der Waals surface area (Å²) in [5.74, 6) is 0. The Bertz CT molecular complexity index is 6350. The first kappa shape index (κ1) is 81.0. The van der Waals surface area contributed by atoms with Crippen LogP contribution in [0.4, 0.5) is 0 Å². The minimum atomic E-state index is 0. The molecule has 6 nitrogen and oxygen atoms in total. The molecule has 0 radical (unpaired) electrons. The van der Waals surface area contributed by atoms with Crippen LogP contribution in [0.5, 0.6) is 0 Å². The maximum absolute atomic E-state index is 7.14. The predicted octanol–water partition coefficient (Wildman–Crippen LogP) is 29.4. The summed E-state index contributed by atoms with van der Waals surface area (Å²) >= 11 is 14.3. The summed E-state index contributed by atoms with van der Waals surface area (Å²) < 4.78 is 0. The molecule has 14 aromatic carbocycles. The zero-order valence-corrected chi connectivity index (χ0v) is 73.0. The van der Waals surface area contributed by atoms with Crippen molar-refractivity contribution in [2.45, 2.75) is 27.7 Å². The van der Waals surface area contributed by atoms with E-state index in [1.54, 1.807) is 6.33 Å². The smallest absolute Gasteiger partial charge is 0.305 e. The average molecular weight is 1960 g/mol. The van der Waals surface area contributed by atoms with E-state index in [0.717, 1.165) is 223 Å². The summed E-state index contributed by atoms with van der Waals surface area (Å²) in [5.41, 5.74) is 39.6. The fraction of sp³-hybridized carbons (Fsp3) is 0.0357. The molecular weight excluding hydrogens is 1880 g/mol. The normalized spacial score (nSPS) is 11.1. The van der Waals surface area contributed by atoms with Gasteiger partial charge in [0, 0.05) is 34.8 Å². The molecule has 19 rings (SSSR count). The summed E-state index contributed by atoms with van der Waals surface area (Å²) in [6.07, 6.45) is 9.01. The van der Waals surface area contributed by atoms with Crippen molar-refractivity contribution in [3.63, 3.8) is 0 Å². The summed E-state index contributed by atoms with van der Waals surface area (Å²) in [4.78, 5) is 28.4. The number of halogens is 2. The third-order valence-corrected chi connectivity index (χ3v) is 22.6. The Balaban J connectivity index is 0.00000529. The predicted molar refractivity (Wildman–Crippen MR) is 493 cm³/mol. The van der Waals surface area contributed by atoms with Crippen molar-refractivity contribution in [3.05, 3.63) is 433 Å². The number of benzene rings is 14. The van der Waals surface area contributed by atoms with Crippen LogP contribution in [-0.4, -0.2) is 29.9 Å². The van der Waals surface area contributed by atoms with Crippen molar-refractivity contribution >= 4 is 23.2 Å². The van der Waals surface area contributed by atoms with E-state index in [4.69, 9.17) is 33.2 Å². The Morgan fingerprint density at radius 1 is 0.189 bits per heavy atom. The van der Waals surface area contributed by atoms with E-state index in [1.807, 2.05) is 79.4 Å². The molecule has 19 aromatic rings. The number of hydrogen-bond acceptors (Lipinski definition) is 6. The van der Waals surface area contributed by atoms with Crippen molar-refractivity contribution in [3.8, 4) is 201 Å². The van der Waals surface area contributed by atoms with Crippen LogP contribution in [0.3, 0.4) is 0 Å². The van der Waals surface area contributed by atoms with Crippen LogP contribution in [0, 0.1) is 64.1 Å². The summed E-state index contributed by atoms with van der Waals surface area (Å²) in [7, 11) is 0. The molecule has 0 unspecified atom stereocenters. The van der Waals surface area contributed by atoms with E-state index in [2.05, 4.69) is 363 Å². The molecule has 0 amide bonds. The number of hydrogen-bond donors (Lipinski definition) is 0. The molecule has 10 heteroatoms. The first-order chi connectivity index (χ1) is 58.9. The monoisotopic (exact) mass is 1960 g/mol. The zero-order chi connectivity index (χ0) is 81.2. The van der Waals surface area contributed by atoms with Crippen LogP contribution >= 0.6 is 23.2 Å². The van der Waals surface area contributed by atoms with Gasteiger partial charge in [0.15, 0.2) is 0 Å². The van der Waals surface area contributed by atoms with E-state index < -0.39 is 0 Å². The van der Waals surface area contributed by atoms with Gasteiger partial charge in [0.05, 0.1) is 6.33 Å². The van der Waals surface area contributed by atoms with Gasteiger partial charge in [-0.3, -0.25) is 9.97 Å². The molecule has 0 aliphatic carbocycles. The third kappa shape index (κ3) is 17.3. The molecule has 0 spiro atoms. The number of aryl methyl sites for hydroxylation is 4. The Morgan fingerprint density at radius 2 is 0.393 bits per heavy atom. The molecule has 0 fully saturated rings. The van der Waals surface area contributed by atoms with Gasteiger partial charge in [-0.25, -0.2) is 0 Å². The van der Waals surface area contributed by atoms with Crippen LogP contribution in [-0.2, 0) is 40.2 Å². The summed E-state index contributed by atoms with van der Waals surface area (Å²) in [6.45, 7) is 8.33. The Hall–Kier alpha value is -13.4. The van der Waals surface area contributed by atoms with Crippen LogP contribution in [0.25, 0.3) is 201 Å². The van der Waals surface area contributed by atoms with Gasteiger partial charge < -0.3 is 19.9 Å². The molecule has 0 bridgehead atoms. The molecular formula is C112H72Cl2Ir2N6. The second-order valence-electron chi connectivity index (χ2n) is 30.3. The van der Waals surface area contributed by atoms with Crippen molar-refractivity contribution in [2.24, 2.45) is 0 Å². The van der Waals surface area contributed by atoms with Gasteiger partial charge >= 0.3 is 40.2 Å². The van der Waals surface area contributed by atoms with Crippen LogP contribution in [0.1, 0.15) is 22.3 Å². The van der Waals surface area contributed by atoms with Crippen LogP contribution in [0.2, 0.25) is 10.0 Å². The molecule has 0 saturated carbocycles. The van der Waals surface area contributed by atoms with Gasteiger partial charge in [0.2, 0.25) is 0 Å². The molecule has 582 valence electrons. The van der Waals surface area contributed by atoms with Crippen molar-refractivity contribution < 1.29 is 40.2 Å². The molecule has 0 N–H and O–H groups in total. The molecule has 0 aliphatic heterocycles. The molecule has 5 aromatic heterocycles. The van der Waals surface area contributed by atoms with Gasteiger partial charge in [0.25, 0.3) is 0 Å². The van der Waals surface area contributed by atoms with Crippen LogP contribution < -0.4 is 0 Å². The molecule has 122 heavy (non-hydrogen) atoms. The second-order valence-corrected chi connectivity index (χ2v) is 31.1. The SMILES string of the molecule is Cc1ccnc(-c2[c-]cc(-c3ccccc3-c3cc(-c4ccccc4-c4c[c-]c(-c5cc(C)ccn5)cc4)cc(-c4cc(Cl)ccc4-c4c[c-]c(-c5cc(-c6[c-]cc(-c7ccc(Cl)cc7-c7cc(-c8ccccc8-c8c[c-]c(-c9cc(C)ccn9)cc8)cc(-c8ccccc8-c8c[c-]c(-c9cc(C)ccn9)cc8)c7)cc6)ncn5)cc4)c3)cc2)c1.[Ir+3].[Ir+3]. The fourth-order valence-electron chi connectivity index (χ4n) is 16.0. The quantitative estimate of drug-likeness (QED) is 0.0797.